The lowest BCUT2D eigenvalue weighted by Crippen LogP contribution is -2.05. The van der Waals surface area contributed by atoms with E-state index in [4.69, 9.17) is 4.74 Å². The van der Waals surface area contributed by atoms with Gasteiger partial charge in [0.2, 0.25) is 5.82 Å². The summed E-state index contributed by atoms with van der Waals surface area (Å²) in [6, 6.07) is 6.02. The summed E-state index contributed by atoms with van der Waals surface area (Å²) in [6.07, 6.45) is 9.34. The first kappa shape index (κ1) is 19.5. The number of hydrogen-bond donors (Lipinski definition) is 0. The van der Waals surface area contributed by atoms with E-state index in [0.717, 1.165) is 24.8 Å². The summed E-state index contributed by atoms with van der Waals surface area (Å²) in [5.74, 6) is -2.83. The largest absolute Gasteiger partial charge is 0.494 e. The van der Waals surface area contributed by atoms with Crippen molar-refractivity contribution in [3.8, 4) is 16.9 Å². The monoisotopic (exact) mass is 374 g/mol. The number of unbranched alkanes of at least 4 members (excludes halogenated alkanes) is 3. The summed E-state index contributed by atoms with van der Waals surface area (Å²) in [5, 5.41) is 0. The van der Waals surface area contributed by atoms with E-state index in [1.54, 1.807) is 6.07 Å². The Kier molecular flexibility index (Phi) is 6.25. The molecule has 0 saturated carbocycles. The highest BCUT2D eigenvalue weighted by Crippen LogP contribution is 2.36. The SMILES string of the molecule is CCCCCCC1=Cc2ccc(-c3ccc(OC)c(F)c3F)c(F)c2CC1. The number of ether oxygens (including phenoxy) is 1. The Morgan fingerprint density at radius 2 is 1.59 bits per heavy atom. The van der Waals surface area contributed by atoms with Gasteiger partial charge in [0, 0.05) is 11.1 Å². The van der Waals surface area contributed by atoms with Crippen LogP contribution >= 0.6 is 0 Å². The molecular formula is C23H25F3O. The summed E-state index contributed by atoms with van der Waals surface area (Å²) < 4.78 is 48.2. The second-order valence-corrected chi connectivity index (χ2v) is 7.05. The maximum atomic E-state index is 15.1. The normalized spacial score (nSPS) is 13.3. The zero-order chi connectivity index (χ0) is 19.4. The van der Waals surface area contributed by atoms with Crippen LogP contribution in [0.5, 0.6) is 5.75 Å². The van der Waals surface area contributed by atoms with Crippen molar-refractivity contribution in [1.29, 1.82) is 0 Å². The van der Waals surface area contributed by atoms with Crippen LogP contribution in [0, 0.1) is 17.5 Å². The van der Waals surface area contributed by atoms with Crippen molar-refractivity contribution >= 4 is 6.08 Å². The molecule has 0 radical (unpaired) electrons. The number of rotatable bonds is 7. The van der Waals surface area contributed by atoms with Crippen LogP contribution < -0.4 is 4.74 Å². The van der Waals surface area contributed by atoms with Gasteiger partial charge in [-0.3, -0.25) is 0 Å². The van der Waals surface area contributed by atoms with Crippen molar-refractivity contribution < 1.29 is 17.9 Å². The van der Waals surface area contributed by atoms with Crippen LogP contribution in [-0.4, -0.2) is 7.11 Å². The molecule has 0 spiro atoms. The second-order valence-electron chi connectivity index (χ2n) is 7.05. The van der Waals surface area contributed by atoms with Crippen molar-refractivity contribution in [3.05, 3.63) is 58.4 Å². The first-order chi connectivity index (χ1) is 13.1. The topological polar surface area (TPSA) is 9.23 Å². The number of halogens is 3. The summed E-state index contributed by atoms with van der Waals surface area (Å²) in [4.78, 5) is 0. The van der Waals surface area contributed by atoms with Crippen LogP contribution in [0.4, 0.5) is 13.2 Å². The van der Waals surface area contributed by atoms with Gasteiger partial charge in [-0.25, -0.2) is 8.78 Å². The third kappa shape index (κ3) is 4.05. The van der Waals surface area contributed by atoms with E-state index in [1.807, 2.05) is 0 Å². The molecule has 144 valence electrons. The molecule has 0 aromatic heterocycles. The fourth-order valence-electron chi connectivity index (χ4n) is 3.68. The van der Waals surface area contributed by atoms with Gasteiger partial charge in [0.25, 0.3) is 0 Å². The Balaban J connectivity index is 1.89. The molecule has 3 rings (SSSR count). The van der Waals surface area contributed by atoms with Crippen molar-refractivity contribution in [2.45, 2.75) is 51.9 Å². The first-order valence-corrected chi connectivity index (χ1v) is 9.60. The molecule has 0 aliphatic heterocycles. The highest BCUT2D eigenvalue weighted by molar-refractivity contribution is 5.71. The minimum Gasteiger partial charge on any atom is -0.494 e. The number of benzene rings is 2. The maximum absolute atomic E-state index is 15.1. The van der Waals surface area contributed by atoms with Crippen molar-refractivity contribution in [3.63, 3.8) is 0 Å². The summed E-state index contributed by atoms with van der Waals surface area (Å²) in [5.41, 5.74) is 2.78. The van der Waals surface area contributed by atoms with Crippen LogP contribution in [0.2, 0.25) is 0 Å². The fraction of sp³-hybridized carbons (Fsp3) is 0.391. The molecule has 27 heavy (non-hydrogen) atoms. The standard InChI is InChI=1S/C23H25F3O/c1-3-4-5-6-7-15-8-10-17-16(14-15)9-11-18(21(17)24)19-12-13-20(27-2)23(26)22(19)25/h9,11-14H,3-8,10H2,1-2H3. The Hall–Kier alpha value is -2.23. The van der Waals surface area contributed by atoms with E-state index in [2.05, 4.69) is 13.0 Å². The molecule has 4 heteroatoms. The van der Waals surface area contributed by atoms with Gasteiger partial charge in [-0.15, -0.1) is 0 Å². The van der Waals surface area contributed by atoms with Crippen molar-refractivity contribution in [2.24, 2.45) is 0 Å². The van der Waals surface area contributed by atoms with E-state index in [0.29, 0.717) is 12.0 Å². The third-order valence-electron chi connectivity index (χ3n) is 5.24. The fourth-order valence-corrected chi connectivity index (χ4v) is 3.68. The number of hydrogen-bond acceptors (Lipinski definition) is 1. The number of allylic oxidation sites excluding steroid dienone is 1. The summed E-state index contributed by atoms with van der Waals surface area (Å²) >= 11 is 0. The third-order valence-corrected chi connectivity index (χ3v) is 5.24. The molecule has 0 amide bonds. The maximum Gasteiger partial charge on any atom is 0.201 e. The predicted octanol–water partition coefficient (Wildman–Crippen LogP) is 7.08. The van der Waals surface area contributed by atoms with Gasteiger partial charge in [0.1, 0.15) is 5.82 Å². The summed E-state index contributed by atoms with van der Waals surface area (Å²) in [7, 11) is 1.27. The van der Waals surface area contributed by atoms with Gasteiger partial charge in [-0.05, 0) is 48.9 Å². The zero-order valence-electron chi connectivity index (χ0n) is 15.9. The van der Waals surface area contributed by atoms with E-state index in [1.165, 1.54) is 50.1 Å². The van der Waals surface area contributed by atoms with Gasteiger partial charge in [0.05, 0.1) is 7.11 Å². The molecule has 2 aromatic rings. The van der Waals surface area contributed by atoms with E-state index >= 15 is 4.39 Å². The average Bonchev–Trinajstić information content (AvgIpc) is 2.68. The van der Waals surface area contributed by atoms with E-state index < -0.39 is 17.5 Å². The molecule has 0 N–H and O–H groups in total. The van der Waals surface area contributed by atoms with Crippen molar-refractivity contribution in [1.82, 2.24) is 0 Å². The van der Waals surface area contributed by atoms with Crippen molar-refractivity contribution in [2.75, 3.05) is 7.11 Å². The van der Waals surface area contributed by atoms with Crippen LogP contribution in [0.1, 0.15) is 56.6 Å². The highest BCUT2D eigenvalue weighted by atomic mass is 19.2. The van der Waals surface area contributed by atoms with Crippen LogP contribution in [0.15, 0.2) is 29.8 Å². The molecule has 1 nitrogen and oxygen atoms in total. The smallest absolute Gasteiger partial charge is 0.201 e. The van der Waals surface area contributed by atoms with Gasteiger partial charge >= 0.3 is 0 Å². The predicted molar refractivity (Wildman–Crippen MR) is 103 cm³/mol. The lowest BCUT2D eigenvalue weighted by atomic mass is 9.87. The lowest BCUT2D eigenvalue weighted by Gasteiger charge is -2.19. The van der Waals surface area contributed by atoms with Gasteiger partial charge in [-0.1, -0.05) is 50.0 Å². The molecule has 0 bridgehead atoms. The highest BCUT2D eigenvalue weighted by Gasteiger charge is 2.22. The molecule has 0 atom stereocenters. The minimum absolute atomic E-state index is 0.0806. The molecule has 0 heterocycles. The van der Waals surface area contributed by atoms with Gasteiger partial charge < -0.3 is 4.74 Å². The molecule has 0 saturated heterocycles. The van der Waals surface area contributed by atoms with E-state index in [9.17, 15) is 8.78 Å². The Morgan fingerprint density at radius 3 is 2.33 bits per heavy atom. The quantitative estimate of drug-likeness (QED) is 0.471. The lowest BCUT2D eigenvalue weighted by molar-refractivity contribution is 0.372. The van der Waals surface area contributed by atoms with Gasteiger partial charge in [-0.2, -0.15) is 4.39 Å². The first-order valence-electron chi connectivity index (χ1n) is 9.60. The molecule has 1 aliphatic rings. The van der Waals surface area contributed by atoms with Crippen LogP contribution in [0.3, 0.4) is 0 Å². The van der Waals surface area contributed by atoms with Crippen LogP contribution in [-0.2, 0) is 6.42 Å². The van der Waals surface area contributed by atoms with E-state index in [-0.39, 0.29) is 16.9 Å². The Morgan fingerprint density at radius 1 is 0.852 bits per heavy atom. The number of methoxy groups -OCH3 is 1. The molecule has 2 aromatic carbocycles. The summed E-state index contributed by atoms with van der Waals surface area (Å²) in [6.45, 7) is 2.19. The average molecular weight is 374 g/mol. The second kappa shape index (κ2) is 8.64. The number of fused-ring (bicyclic) bond motifs is 1. The minimum atomic E-state index is -1.10. The molecular weight excluding hydrogens is 349 g/mol. The molecule has 0 unspecified atom stereocenters. The zero-order valence-corrected chi connectivity index (χ0v) is 15.9. The molecule has 1 aliphatic carbocycles. The molecule has 0 fully saturated rings. The Labute approximate surface area is 158 Å². The van der Waals surface area contributed by atoms with Crippen LogP contribution in [0.25, 0.3) is 17.2 Å². The Bertz CT molecular complexity index is 855. The van der Waals surface area contributed by atoms with Gasteiger partial charge in [0.15, 0.2) is 11.6 Å².